The van der Waals surface area contributed by atoms with Crippen molar-refractivity contribution in [3.8, 4) is 73.2 Å². The van der Waals surface area contributed by atoms with Crippen LogP contribution < -0.4 is 9.30 Å². The summed E-state index contributed by atoms with van der Waals surface area (Å²) in [5.41, 5.74) is 15.6. The van der Waals surface area contributed by atoms with E-state index in [0.29, 0.717) is 22.7 Å². The fraction of sp³-hybridized carbons (Fsp3) is 0.182. The number of nitrogens with zero attached hydrogens (tertiary/aromatic N) is 4. The minimum Gasteiger partial charge on any atom is -0.458 e. The Bertz CT molecular complexity index is 4240. The van der Waals surface area contributed by atoms with E-state index in [1.54, 1.807) is 0 Å². The molecule has 0 bridgehead atoms. The van der Waals surface area contributed by atoms with Crippen LogP contribution >= 0.6 is 0 Å². The topological polar surface area (TPSA) is 35.9 Å². The van der Waals surface area contributed by atoms with Crippen LogP contribution in [0.1, 0.15) is 84.9 Å². The molecule has 1 aliphatic carbocycles. The zero-order valence-electron chi connectivity index (χ0n) is 46.1. The van der Waals surface area contributed by atoms with Gasteiger partial charge in [-0.25, -0.2) is 4.98 Å². The monoisotopic (exact) mass is 925 g/mol. The van der Waals surface area contributed by atoms with Crippen molar-refractivity contribution in [2.75, 3.05) is 0 Å². The summed E-state index contributed by atoms with van der Waals surface area (Å²) in [5, 5.41) is 2.33. The molecular formula is C66H56N4O. The number of hydrogen-bond donors (Lipinski definition) is 0. The Morgan fingerprint density at radius 3 is 1.92 bits per heavy atom. The van der Waals surface area contributed by atoms with Gasteiger partial charge in [0.25, 0.3) is 6.33 Å². The van der Waals surface area contributed by atoms with E-state index in [9.17, 15) is 2.74 Å². The lowest BCUT2D eigenvalue weighted by atomic mass is 9.63. The molecule has 0 atom stereocenters. The number of pyridine rings is 1. The molecule has 0 spiro atoms. The molecule has 0 amide bonds. The number of hydrogen-bond acceptors (Lipinski definition) is 2. The molecule has 346 valence electrons. The molecule has 8 aromatic carbocycles. The van der Waals surface area contributed by atoms with Crippen LogP contribution in [0.15, 0.2) is 188 Å². The second kappa shape index (κ2) is 15.7. The quantitative estimate of drug-likeness (QED) is 0.127. The second-order valence-electron chi connectivity index (χ2n) is 21.7. The summed E-state index contributed by atoms with van der Waals surface area (Å²) in [6.45, 7) is 16.2. The van der Waals surface area contributed by atoms with Gasteiger partial charge in [0, 0.05) is 23.0 Å². The van der Waals surface area contributed by atoms with E-state index in [1.165, 1.54) is 22.1 Å². The molecule has 3 aromatic heterocycles. The third-order valence-electron chi connectivity index (χ3n) is 15.3. The van der Waals surface area contributed by atoms with Gasteiger partial charge in [0.15, 0.2) is 0 Å². The molecule has 0 fully saturated rings. The van der Waals surface area contributed by atoms with Crippen molar-refractivity contribution in [1.82, 2.24) is 14.1 Å². The third-order valence-corrected chi connectivity index (χ3v) is 15.3. The van der Waals surface area contributed by atoms with Crippen LogP contribution in [0, 0.1) is 6.33 Å². The molecule has 1 aliphatic heterocycles. The first kappa shape index (κ1) is 37.8. The predicted molar refractivity (Wildman–Crippen MR) is 292 cm³/mol. The van der Waals surface area contributed by atoms with E-state index in [0.717, 1.165) is 85.2 Å². The maximum Gasteiger partial charge on any atom is 0.269 e. The zero-order chi connectivity index (χ0) is 52.7. The predicted octanol–water partition coefficient (Wildman–Crippen LogP) is 16.6. The maximum atomic E-state index is 9.23. The third kappa shape index (κ3) is 6.88. The van der Waals surface area contributed by atoms with E-state index >= 15 is 0 Å². The highest BCUT2D eigenvalue weighted by Gasteiger charge is 2.38. The Kier molecular flexibility index (Phi) is 8.39. The standard InChI is InChI=1S/C66H56N4O/c1-64(2,3)43-32-35-67-61(36-43)70-59-38-46(30-31-52(59)55-39-56-57(40-60(55)70)66(6,7)34-33-65(56,4)5)71-45-21-15-20-44(37-45)68-41-69-62-47(42-18-9-8-10-19-42)26-16-27-53(62)50-24-13-11-22-48(50)49-23-12-14-25-51(49)54-28-17-29-58(68)63(54)69/h8-32,35-40H,33-34H2,1-7H3/i8D,9D,10D,18D,19D. The van der Waals surface area contributed by atoms with Crippen LogP contribution in [0.4, 0.5) is 0 Å². The van der Waals surface area contributed by atoms with Crippen LogP contribution in [0.2, 0.25) is 0 Å². The van der Waals surface area contributed by atoms with E-state index in [1.807, 2.05) is 69.9 Å². The number of aromatic nitrogens is 4. The molecule has 0 radical (unpaired) electrons. The van der Waals surface area contributed by atoms with Gasteiger partial charge in [-0.15, -0.1) is 0 Å². The molecule has 0 unspecified atom stereocenters. The highest BCUT2D eigenvalue weighted by molar-refractivity contribution is 6.10. The van der Waals surface area contributed by atoms with Crippen molar-refractivity contribution >= 4 is 32.8 Å². The van der Waals surface area contributed by atoms with Gasteiger partial charge in [-0.1, -0.05) is 170 Å². The number of rotatable bonds is 5. The largest absolute Gasteiger partial charge is 0.458 e. The second-order valence-corrected chi connectivity index (χ2v) is 21.7. The lowest BCUT2D eigenvalue weighted by Gasteiger charge is -2.42. The Labute approximate surface area is 423 Å². The van der Waals surface area contributed by atoms with Crippen LogP contribution in [0.5, 0.6) is 11.5 Å². The summed E-state index contributed by atoms with van der Waals surface area (Å²) in [5.74, 6) is 2.17. The van der Waals surface area contributed by atoms with Gasteiger partial charge in [0.2, 0.25) is 0 Å². The first-order valence-electron chi connectivity index (χ1n) is 27.2. The fourth-order valence-corrected chi connectivity index (χ4v) is 11.4. The van der Waals surface area contributed by atoms with Gasteiger partial charge in [0.1, 0.15) is 17.3 Å². The molecule has 13 rings (SSSR count). The van der Waals surface area contributed by atoms with Gasteiger partial charge < -0.3 is 4.74 Å². The van der Waals surface area contributed by atoms with E-state index < -0.39 is 18.1 Å². The van der Waals surface area contributed by atoms with Crippen LogP contribution in [0.3, 0.4) is 0 Å². The molecule has 11 aromatic rings. The molecule has 0 saturated heterocycles. The lowest BCUT2D eigenvalue weighted by molar-refractivity contribution is -0.570. The normalized spacial score (nSPS) is 15.5. The van der Waals surface area contributed by atoms with Crippen molar-refractivity contribution in [1.29, 1.82) is 0 Å². The van der Waals surface area contributed by atoms with Gasteiger partial charge in [0.05, 0.1) is 40.3 Å². The minimum absolute atomic E-state index is 0.0189. The molecule has 2 aliphatic rings. The van der Waals surface area contributed by atoms with E-state index in [4.69, 9.17) is 13.8 Å². The van der Waals surface area contributed by atoms with Crippen molar-refractivity contribution in [3.05, 3.63) is 211 Å². The Morgan fingerprint density at radius 2 is 1.18 bits per heavy atom. The lowest BCUT2D eigenvalue weighted by Crippen LogP contribution is -2.33. The van der Waals surface area contributed by atoms with Crippen LogP contribution in [-0.4, -0.2) is 14.1 Å². The van der Waals surface area contributed by atoms with Gasteiger partial charge in [-0.3, -0.25) is 13.7 Å². The van der Waals surface area contributed by atoms with Gasteiger partial charge in [-0.05, 0) is 145 Å². The Balaban J connectivity index is 1.01. The summed E-state index contributed by atoms with van der Waals surface area (Å²) in [6, 6.07) is 50.6. The van der Waals surface area contributed by atoms with Crippen molar-refractivity contribution in [2.24, 2.45) is 0 Å². The summed E-state index contributed by atoms with van der Waals surface area (Å²) in [7, 11) is 0. The number of benzene rings is 8. The average Bonchev–Trinajstić information content (AvgIpc) is 4.04. The zero-order valence-corrected chi connectivity index (χ0v) is 41.1. The van der Waals surface area contributed by atoms with Crippen molar-refractivity contribution in [3.63, 3.8) is 0 Å². The fourth-order valence-electron chi connectivity index (χ4n) is 11.4. The van der Waals surface area contributed by atoms with Crippen LogP contribution in [-0.2, 0) is 16.2 Å². The average molecular weight is 926 g/mol. The van der Waals surface area contributed by atoms with E-state index in [2.05, 4.69) is 156 Å². The molecule has 71 heavy (non-hydrogen) atoms. The van der Waals surface area contributed by atoms with Gasteiger partial charge in [-0.2, -0.15) is 0 Å². The summed E-state index contributed by atoms with van der Waals surface area (Å²) in [4.78, 5) is 5.04. The van der Waals surface area contributed by atoms with E-state index in [-0.39, 0.29) is 33.9 Å². The van der Waals surface area contributed by atoms with Gasteiger partial charge >= 0.3 is 0 Å². The SMILES string of the molecule is [2H]c1c([2H])c([2H])c(-c2cccc3c2-[n+]2[c-]n(-c4cccc(Oc5ccc6c7cc8c(cc7n(-c7cc(C(C)(C)C)ccn7)c6c5)C(C)(C)CCC8(C)C)c4)c4cccc(c42)-c2ccccc2-c2ccccc2-3)c([2H])c1[2H]. The highest BCUT2D eigenvalue weighted by Crippen LogP contribution is 2.50. The summed E-state index contributed by atoms with van der Waals surface area (Å²) >= 11 is 0. The van der Waals surface area contributed by atoms with Crippen molar-refractivity contribution < 1.29 is 16.2 Å². The Morgan fingerprint density at radius 1 is 0.577 bits per heavy atom. The Hall–Kier alpha value is -8.02. The summed E-state index contributed by atoms with van der Waals surface area (Å²) < 4.78 is 57.8. The number of imidazole rings is 1. The minimum atomic E-state index is -0.438. The molecule has 0 N–H and O–H groups in total. The molecule has 0 saturated carbocycles. The molecular weight excluding hydrogens is 865 g/mol. The first-order valence-corrected chi connectivity index (χ1v) is 24.7. The molecule has 4 heterocycles. The van der Waals surface area contributed by atoms with Crippen molar-refractivity contribution in [2.45, 2.75) is 77.6 Å². The maximum absolute atomic E-state index is 9.23. The first-order chi connectivity index (χ1) is 36.4. The molecule has 5 heteroatoms. The summed E-state index contributed by atoms with van der Waals surface area (Å²) in [6.07, 6.45) is 7.94. The number of fused-ring (bicyclic) bond motifs is 11. The number of para-hydroxylation sites is 2. The van der Waals surface area contributed by atoms with Crippen LogP contribution in [0.25, 0.3) is 94.5 Å². The molecule has 5 nitrogen and oxygen atoms in total. The highest BCUT2D eigenvalue weighted by atomic mass is 16.5. The number of ether oxygens (including phenoxy) is 1. The smallest absolute Gasteiger partial charge is 0.269 e.